The zero-order valence-corrected chi connectivity index (χ0v) is 16.6. The average Bonchev–Trinajstić information content (AvgIpc) is 3.35. The van der Waals surface area contributed by atoms with E-state index in [-0.39, 0.29) is 6.54 Å². The molecule has 2 N–H and O–H groups in total. The highest BCUT2D eigenvalue weighted by atomic mass is 32.1. The lowest BCUT2D eigenvalue weighted by atomic mass is 10.2. The fourth-order valence-electron chi connectivity index (χ4n) is 2.28. The van der Waals surface area contributed by atoms with Gasteiger partial charge in [-0.1, -0.05) is 30.3 Å². The van der Waals surface area contributed by atoms with Gasteiger partial charge in [0, 0.05) is 17.5 Å². The Morgan fingerprint density at radius 3 is 2.64 bits per heavy atom. The third-order valence-corrected chi connectivity index (χ3v) is 5.50. The van der Waals surface area contributed by atoms with Crippen LogP contribution in [0.2, 0.25) is 0 Å². The van der Waals surface area contributed by atoms with Crippen LogP contribution >= 0.6 is 22.7 Å². The van der Waals surface area contributed by atoms with Crippen LogP contribution in [0.4, 0.5) is 4.79 Å². The van der Waals surface area contributed by atoms with Crippen molar-refractivity contribution in [3.8, 4) is 10.6 Å². The van der Waals surface area contributed by atoms with Crippen molar-refractivity contribution in [2.45, 2.75) is 13.5 Å². The van der Waals surface area contributed by atoms with Crippen LogP contribution < -0.4 is 10.6 Å². The molecule has 3 aromatic rings. The van der Waals surface area contributed by atoms with Gasteiger partial charge in [-0.2, -0.15) is 11.3 Å². The molecule has 2 aromatic heterocycles. The number of nitrogens with one attached hydrogen (secondary N) is 2. The van der Waals surface area contributed by atoms with E-state index < -0.39 is 24.5 Å². The number of hydrogen-bond donors (Lipinski definition) is 2. The van der Waals surface area contributed by atoms with Gasteiger partial charge in [0.15, 0.2) is 6.61 Å². The van der Waals surface area contributed by atoms with Crippen LogP contribution in [0, 0.1) is 6.92 Å². The lowest BCUT2D eigenvalue weighted by Crippen LogP contribution is -2.41. The molecule has 1 aromatic carbocycles. The summed E-state index contributed by atoms with van der Waals surface area (Å²) in [7, 11) is 0. The molecule has 0 bridgehead atoms. The van der Waals surface area contributed by atoms with Gasteiger partial charge < -0.3 is 10.1 Å². The van der Waals surface area contributed by atoms with Crippen LogP contribution in [0.5, 0.6) is 0 Å². The largest absolute Gasteiger partial charge is 0.451 e. The van der Waals surface area contributed by atoms with E-state index in [1.54, 1.807) is 6.92 Å². The summed E-state index contributed by atoms with van der Waals surface area (Å²) in [6, 6.07) is 10.5. The average molecular weight is 415 g/mol. The number of aromatic nitrogens is 1. The van der Waals surface area contributed by atoms with Crippen LogP contribution in [-0.4, -0.2) is 29.5 Å². The number of thiophene rings is 1. The first-order chi connectivity index (χ1) is 13.5. The van der Waals surface area contributed by atoms with Gasteiger partial charge in [-0.15, -0.1) is 11.3 Å². The van der Waals surface area contributed by atoms with Gasteiger partial charge in [0.1, 0.15) is 9.88 Å². The number of thiazole rings is 1. The normalized spacial score (nSPS) is 10.3. The molecule has 144 valence electrons. The molecule has 0 fully saturated rings. The van der Waals surface area contributed by atoms with E-state index in [1.807, 2.05) is 47.2 Å². The molecule has 9 heteroatoms. The van der Waals surface area contributed by atoms with E-state index in [9.17, 15) is 14.4 Å². The molecular weight excluding hydrogens is 398 g/mol. The monoisotopic (exact) mass is 415 g/mol. The SMILES string of the molecule is Cc1nc(-c2ccsc2)sc1C(=O)OCC(=O)NC(=O)NCc1ccccc1. The number of rotatable bonds is 6. The number of esters is 1. The summed E-state index contributed by atoms with van der Waals surface area (Å²) in [6.45, 7) is 1.44. The number of benzene rings is 1. The Balaban J connectivity index is 1.46. The van der Waals surface area contributed by atoms with Gasteiger partial charge in [-0.3, -0.25) is 10.1 Å². The highest BCUT2D eigenvalue weighted by Crippen LogP contribution is 2.29. The number of amides is 3. The molecule has 0 atom stereocenters. The van der Waals surface area contributed by atoms with E-state index in [0.29, 0.717) is 10.6 Å². The Hall–Kier alpha value is -3.04. The minimum Gasteiger partial charge on any atom is -0.451 e. The maximum Gasteiger partial charge on any atom is 0.350 e. The number of aryl methyl sites for hydroxylation is 1. The fraction of sp³-hybridized carbons (Fsp3) is 0.158. The Labute approximate surface area is 169 Å². The van der Waals surface area contributed by atoms with Crippen molar-refractivity contribution >= 4 is 40.6 Å². The Bertz CT molecular complexity index is 968. The number of imide groups is 1. The van der Waals surface area contributed by atoms with E-state index >= 15 is 0 Å². The van der Waals surface area contributed by atoms with Crippen molar-refractivity contribution in [1.29, 1.82) is 0 Å². The van der Waals surface area contributed by atoms with Crippen molar-refractivity contribution in [2.75, 3.05) is 6.61 Å². The molecular formula is C19H17N3O4S2. The highest BCUT2D eigenvalue weighted by Gasteiger charge is 2.19. The third-order valence-electron chi connectivity index (χ3n) is 3.63. The second kappa shape index (κ2) is 9.25. The number of carbonyl (C=O) groups is 3. The Morgan fingerprint density at radius 1 is 1.14 bits per heavy atom. The molecule has 2 heterocycles. The van der Waals surface area contributed by atoms with Gasteiger partial charge in [0.05, 0.1) is 5.69 Å². The van der Waals surface area contributed by atoms with Gasteiger partial charge in [0.25, 0.3) is 5.91 Å². The number of ether oxygens (including phenoxy) is 1. The smallest absolute Gasteiger partial charge is 0.350 e. The summed E-state index contributed by atoms with van der Waals surface area (Å²) in [6.07, 6.45) is 0. The zero-order valence-electron chi connectivity index (χ0n) is 14.9. The highest BCUT2D eigenvalue weighted by molar-refractivity contribution is 7.17. The van der Waals surface area contributed by atoms with Gasteiger partial charge in [-0.25, -0.2) is 14.6 Å². The summed E-state index contributed by atoms with van der Waals surface area (Å²) in [4.78, 5) is 40.5. The summed E-state index contributed by atoms with van der Waals surface area (Å²) in [5.74, 6) is -1.35. The van der Waals surface area contributed by atoms with Crippen LogP contribution in [0.3, 0.4) is 0 Å². The van der Waals surface area contributed by atoms with Gasteiger partial charge in [0.2, 0.25) is 0 Å². The number of nitrogens with zero attached hydrogens (tertiary/aromatic N) is 1. The van der Waals surface area contributed by atoms with Crippen molar-refractivity contribution in [1.82, 2.24) is 15.6 Å². The molecule has 28 heavy (non-hydrogen) atoms. The van der Waals surface area contributed by atoms with Crippen molar-refractivity contribution in [3.05, 3.63) is 63.3 Å². The molecule has 0 radical (unpaired) electrons. The van der Waals surface area contributed by atoms with Crippen LogP contribution in [-0.2, 0) is 16.1 Å². The zero-order chi connectivity index (χ0) is 19.9. The number of carbonyl (C=O) groups excluding carboxylic acids is 3. The first-order valence-corrected chi connectivity index (χ1v) is 10.1. The third kappa shape index (κ3) is 5.24. The second-order valence-electron chi connectivity index (χ2n) is 5.74. The molecule has 3 amide bonds. The van der Waals surface area contributed by atoms with Crippen LogP contribution in [0.15, 0.2) is 47.2 Å². The van der Waals surface area contributed by atoms with E-state index in [1.165, 1.54) is 22.7 Å². The lowest BCUT2D eigenvalue weighted by Gasteiger charge is -2.07. The molecule has 7 nitrogen and oxygen atoms in total. The van der Waals surface area contributed by atoms with E-state index in [0.717, 1.165) is 16.1 Å². The maximum atomic E-state index is 12.2. The Morgan fingerprint density at radius 2 is 1.93 bits per heavy atom. The van der Waals surface area contributed by atoms with Crippen molar-refractivity contribution in [3.63, 3.8) is 0 Å². The summed E-state index contributed by atoms with van der Waals surface area (Å²) >= 11 is 2.75. The van der Waals surface area contributed by atoms with E-state index in [4.69, 9.17) is 4.74 Å². The molecule has 0 unspecified atom stereocenters. The second-order valence-corrected chi connectivity index (χ2v) is 7.52. The molecule has 0 aliphatic heterocycles. The first kappa shape index (κ1) is 19.7. The van der Waals surface area contributed by atoms with Crippen molar-refractivity contribution in [2.24, 2.45) is 0 Å². The summed E-state index contributed by atoms with van der Waals surface area (Å²) in [5.41, 5.74) is 2.38. The van der Waals surface area contributed by atoms with Crippen molar-refractivity contribution < 1.29 is 19.1 Å². The van der Waals surface area contributed by atoms with E-state index in [2.05, 4.69) is 15.6 Å². The predicted molar refractivity (Wildman–Crippen MR) is 107 cm³/mol. The number of hydrogen-bond acceptors (Lipinski definition) is 7. The minimum absolute atomic E-state index is 0.283. The summed E-state index contributed by atoms with van der Waals surface area (Å²) in [5, 5.41) is 9.27. The lowest BCUT2D eigenvalue weighted by molar-refractivity contribution is -0.123. The standard InChI is InChI=1S/C19H17N3O4S2/c1-12-16(28-17(21-12)14-7-8-27-11-14)18(24)26-10-15(23)22-19(25)20-9-13-5-3-2-4-6-13/h2-8,11H,9-10H2,1H3,(H2,20,22,23,25). The van der Waals surface area contributed by atoms with Gasteiger partial charge >= 0.3 is 12.0 Å². The topological polar surface area (TPSA) is 97.4 Å². The molecule has 0 saturated carbocycles. The molecule has 0 aliphatic rings. The number of urea groups is 1. The molecule has 0 saturated heterocycles. The maximum absolute atomic E-state index is 12.2. The Kier molecular flexibility index (Phi) is 6.51. The molecule has 0 aliphatic carbocycles. The molecule has 3 rings (SSSR count). The fourth-order valence-corrected chi connectivity index (χ4v) is 3.95. The van der Waals surface area contributed by atoms with Crippen LogP contribution in [0.25, 0.3) is 10.6 Å². The van der Waals surface area contributed by atoms with Crippen LogP contribution in [0.1, 0.15) is 20.9 Å². The quantitative estimate of drug-likeness (QED) is 0.602. The first-order valence-electron chi connectivity index (χ1n) is 8.31. The summed E-state index contributed by atoms with van der Waals surface area (Å²) < 4.78 is 5.01. The predicted octanol–water partition coefficient (Wildman–Crippen LogP) is 3.36. The van der Waals surface area contributed by atoms with Gasteiger partial charge in [-0.05, 0) is 23.9 Å². The minimum atomic E-state index is -0.709. The molecule has 0 spiro atoms.